The summed E-state index contributed by atoms with van der Waals surface area (Å²) < 4.78 is 0. The summed E-state index contributed by atoms with van der Waals surface area (Å²) in [6.07, 6.45) is 0. The highest BCUT2D eigenvalue weighted by atomic mass is 16.2. The van der Waals surface area contributed by atoms with Gasteiger partial charge in [0.1, 0.15) is 0 Å². The molecule has 0 aromatic heterocycles. The average molecular weight is 643 g/mol. The Morgan fingerprint density at radius 2 is 0.733 bits per heavy atom. The van der Waals surface area contributed by atoms with E-state index >= 15 is 0 Å². The maximum absolute atomic E-state index is 12.5. The molecule has 9 amide bonds. The Balaban J connectivity index is 4.60. The molecule has 0 rings (SSSR count). The predicted octanol–water partition coefficient (Wildman–Crippen LogP) is -5.94. The normalized spacial score (nSPS) is 10.2. The zero-order valence-corrected chi connectivity index (χ0v) is 27.0. The van der Waals surface area contributed by atoms with Crippen LogP contribution in [0.4, 0.5) is 0 Å². The second kappa shape index (κ2) is 20.2. The molecule has 0 aromatic carbocycles. The topological polar surface area (TPSA) is 235 Å². The third kappa shape index (κ3) is 16.6. The minimum Gasteiger partial charge on any atom is -0.368 e. The Labute approximate surface area is 262 Å². The Hall–Kier alpha value is -4.81. The van der Waals surface area contributed by atoms with Gasteiger partial charge in [-0.15, -0.1) is 0 Å². The summed E-state index contributed by atoms with van der Waals surface area (Å²) in [5, 5.41) is 7.46. The summed E-state index contributed by atoms with van der Waals surface area (Å²) in [4.78, 5) is 115. The highest BCUT2D eigenvalue weighted by Crippen LogP contribution is 1.96. The van der Waals surface area contributed by atoms with Crippen LogP contribution in [0.1, 0.15) is 6.92 Å². The number of likely N-dealkylation sites (N-methyl/N-ethyl adjacent to an activating group) is 7. The lowest BCUT2D eigenvalue weighted by molar-refractivity contribution is -0.143. The van der Waals surface area contributed by atoms with Crippen molar-refractivity contribution in [1.82, 2.24) is 45.3 Å². The van der Waals surface area contributed by atoms with Gasteiger partial charge in [-0.2, -0.15) is 0 Å². The fraction of sp³-hybridized carbons (Fsp3) is 0.654. The molecule has 19 heteroatoms. The van der Waals surface area contributed by atoms with E-state index < -0.39 is 66.9 Å². The summed E-state index contributed by atoms with van der Waals surface area (Å²) in [6, 6.07) is 0. The Bertz CT molecular complexity index is 1120. The monoisotopic (exact) mass is 642 g/mol. The van der Waals surface area contributed by atoms with Crippen molar-refractivity contribution in [3.63, 3.8) is 0 Å². The van der Waals surface area contributed by atoms with E-state index in [-0.39, 0.29) is 45.2 Å². The van der Waals surface area contributed by atoms with Crippen molar-refractivity contribution in [2.24, 2.45) is 5.73 Å². The van der Waals surface area contributed by atoms with Gasteiger partial charge in [0.15, 0.2) is 0 Å². The Morgan fingerprint density at radius 1 is 0.444 bits per heavy atom. The van der Waals surface area contributed by atoms with Gasteiger partial charge in [-0.05, 0) is 6.54 Å². The summed E-state index contributed by atoms with van der Waals surface area (Å²) in [5.41, 5.74) is 4.94. The molecule has 0 unspecified atom stereocenters. The van der Waals surface area contributed by atoms with Gasteiger partial charge >= 0.3 is 0 Å². The molecule has 0 radical (unpaired) electrons. The van der Waals surface area contributed by atoms with Crippen LogP contribution >= 0.6 is 0 Å². The molecule has 0 aliphatic heterocycles. The number of primary amides is 1. The number of nitrogens with zero attached hydrogens (tertiary/aromatic N) is 6. The SMILES string of the molecule is CCNCC(=O)N(C)CC(=O)N(C)CC(=O)N(C)CC(=O)NCC(=O)N(C)CC(=O)N(C)CC(=O)N(C)CC(=O)NCC(N)=O. The van der Waals surface area contributed by atoms with Crippen molar-refractivity contribution >= 4 is 53.2 Å². The highest BCUT2D eigenvalue weighted by Gasteiger charge is 2.23. The number of hydrogen-bond donors (Lipinski definition) is 4. The van der Waals surface area contributed by atoms with Crippen LogP contribution in [0, 0.1) is 0 Å². The van der Waals surface area contributed by atoms with Gasteiger partial charge in [0.25, 0.3) is 0 Å². The quantitative estimate of drug-likeness (QED) is 0.104. The molecule has 0 bridgehead atoms. The molecular formula is C26H46N10O9. The molecule has 0 atom stereocenters. The maximum atomic E-state index is 12.5. The summed E-state index contributed by atoms with van der Waals surface area (Å²) in [5.74, 6) is -5.10. The predicted molar refractivity (Wildman–Crippen MR) is 160 cm³/mol. The third-order valence-corrected chi connectivity index (χ3v) is 6.23. The molecule has 0 saturated heterocycles. The lowest BCUT2D eigenvalue weighted by Gasteiger charge is -2.25. The molecule has 0 heterocycles. The van der Waals surface area contributed by atoms with Gasteiger partial charge in [0, 0.05) is 42.3 Å². The smallest absolute Gasteiger partial charge is 0.242 e. The molecule has 0 aliphatic rings. The first-order valence-electron chi connectivity index (χ1n) is 13.9. The molecule has 19 nitrogen and oxygen atoms in total. The van der Waals surface area contributed by atoms with E-state index in [1.807, 2.05) is 6.92 Å². The first-order valence-corrected chi connectivity index (χ1v) is 13.9. The van der Waals surface area contributed by atoms with Gasteiger partial charge in [0.2, 0.25) is 53.2 Å². The molecule has 0 aromatic rings. The first-order chi connectivity index (χ1) is 20.9. The largest absolute Gasteiger partial charge is 0.368 e. The van der Waals surface area contributed by atoms with Crippen molar-refractivity contribution in [2.75, 3.05) is 108 Å². The van der Waals surface area contributed by atoms with Crippen molar-refractivity contribution < 1.29 is 43.2 Å². The van der Waals surface area contributed by atoms with Crippen molar-refractivity contribution in [1.29, 1.82) is 0 Å². The third-order valence-electron chi connectivity index (χ3n) is 6.23. The number of nitrogens with one attached hydrogen (secondary N) is 3. The van der Waals surface area contributed by atoms with Crippen LogP contribution in [0.3, 0.4) is 0 Å². The second-order valence-corrected chi connectivity index (χ2v) is 10.3. The van der Waals surface area contributed by atoms with Crippen LogP contribution in [0.2, 0.25) is 0 Å². The Kier molecular flexibility index (Phi) is 18.0. The number of nitrogens with two attached hydrogens (primary N) is 1. The molecular weight excluding hydrogens is 596 g/mol. The van der Waals surface area contributed by atoms with Gasteiger partial charge in [-0.3, -0.25) is 43.2 Å². The summed E-state index contributed by atoms with van der Waals surface area (Å²) in [6.45, 7) is -0.455. The van der Waals surface area contributed by atoms with E-state index in [1.165, 1.54) is 47.2 Å². The number of hydrogen-bond acceptors (Lipinski definition) is 10. The molecule has 0 aliphatic carbocycles. The van der Waals surface area contributed by atoms with Crippen molar-refractivity contribution in [3.8, 4) is 0 Å². The van der Waals surface area contributed by atoms with Crippen LogP contribution in [0.15, 0.2) is 0 Å². The van der Waals surface area contributed by atoms with Crippen molar-refractivity contribution in [2.45, 2.75) is 6.92 Å². The van der Waals surface area contributed by atoms with Gasteiger partial charge < -0.3 is 51.1 Å². The lowest BCUT2D eigenvalue weighted by Crippen LogP contribution is -2.49. The van der Waals surface area contributed by atoms with Gasteiger partial charge in [-0.1, -0.05) is 6.92 Å². The number of rotatable bonds is 19. The molecule has 5 N–H and O–H groups in total. The van der Waals surface area contributed by atoms with Gasteiger partial charge in [0.05, 0.1) is 58.9 Å². The number of carbonyl (C=O) groups excluding carboxylic acids is 9. The van der Waals surface area contributed by atoms with Crippen LogP contribution in [0.25, 0.3) is 0 Å². The number of amides is 9. The van der Waals surface area contributed by atoms with E-state index in [9.17, 15) is 43.2 Å². The minimum absolute atomic E-state index is 0.0796. The zero-order valence-electron chi connectivity index (χ0n) is 27.0. The van der Waals surface area contributed by atoms with Gasteiger partial charge in [-0.25, -0.2) is 0 Å². The molecule has 45 heavy (non-hydrogen) atoms. The fourth-order valence-corrected chi connectivity index (χ4v) is 3.23. The maximum Gasteiger partial charge on any atom is 0.242 e. The summed E-state index contributed by atoms with van der Waals surface area (Å²) >= 11 is 0. The first kappa shape index (κ1) is 40.2. The molecule has 0 saturated carbocycles. The van der Waals surface area contributed by atoms with Crippen LogP contribution in [-0.4, -0.2) is 190 Å². The van der Waals surface area contributed by atoms with Crippen LogP contribution in [0.5, 0.6) is 0 Å². The van der Waals surface area contributed by atoms with E-state index in [0.717, 1.165) is 24.5 Å². The zero-order chi connectivity index (χ0) is 34.9. The van der Waals surface area contributed by atoms with E-state index in [1.54, 1.807) is 0 Å². The Morgan fingerprint density at radius 3 is 1.07 bits per heavy atom. The van der Waals surface area contributed by atoms with Crippen molar-refractivity contribution in [3.05, 3.63) is 0 Å². The fourth-order valence-electron chi connectivity index (χ4n) is 3.23. The van der Waals surface area contributed by atoms with Crippen LogP contribution in [-0.2, 0) is 43.2 Å². The van der Waals surface area contributed by atoms with Crippen LogP contribution < -0.4 is 21.7 Å². The lowest BCUT2D eigenvalue weighted by atomic mass is 10.3. The highest BCUT2D eigenvalue weighted by molar-refractivity contribution is 5.93. The molecule has 0 spiro atoms. The second-order valence-electron chi connectivity index (χ2n) is 10.3. The molecule has 0 fully saturated rings. The molecule has 254 valence electrons. The van der Waals surface area contributed by atoms with E-state index in [4.69, 9.17) is 5.73 Å². The average Bonchev–Trinajstić information content (AvgIpc) is 2.96. The standard InChI is InChI=1S/C26H46N10O9/c1-8-28-10-21(40)33(4)14-25(44)35(6)17-24(43)32(3)13-20(39)30-11-22(41)34(5)15-26(45)36(7)16-23(42)31(2)12-19(38)29-9-18(27)37/h28H,8-17H2,1-7H3,(H2,27,37)(H,29,38)(H,30,39). The van der Waals surface area contributed by atoms with E-state index in [2.05, 4.69) is 16.0 Å². The summed E-state index contributed by atoms with van der Waals surface area (Å²) in [7, 11) is 8.21. The van der Waals surface area contributed by atoms with E-state index in [0.29, 0.717) is 6.54 Å². The number of carbonyl (C=O) groups is 9. The minimum atomic E-state index is -0.743.